The monoisotopic (exact) mass is 414 g/mol. The smallest absolute Gasteiger partial charge is 0.259 e. The predicted molar refractivity (Wildman–Crippen MR) is 114 cm³/mol. The lowest BCUT2D eigenvalue weighted by Gasteiger charge is -2.38. The number of aryl methyl sites for hydroxylation is 1. The summed E-state index contributed by atoms with van der Waals surface area (Å²) in [5.74, 6) is 0.429. The molecule has 1 aliphatic rings. The zero-order valence-corrected chi connectivity index (χ0v) is 18.1. The Bertz CT molecular complexity index is 906. The summed E-state index contributed by atoms with van der Waals surface area (Å²) < 4.78 is 0. The van der Waals surface area contributed by atoms with E-state index in [9.17, 15) is 9.59 Å². The fraction of sp³-hybridized carbons (Fsp3) is 0.455. The molecule has 1 aromatic carbocycles. The average molecular weight is 415 g/mol. The van der Waals surface area contributed by atoms with Crippen LogP contribution in [0.2, 0.25) is 5.02 Å². The largest absolute Gasteiger partial charge is 0.332 e. The molecule has 2 heterocycles. The van der Waals surface area contributed by atoms with Gasteiger partial charge in [-0.15, -0.1) is 0 Å². The van der Waals surface area contributed by atoms with Crippen molar-refractivity contribution < 1.29 is 9.59 Å². The maximum Gasteiger partial charge on any atom is 0.259 e. The summed E-state index contributed by atoms with van der Waals surface area (Å²) in [5.41, 5.74) is 1.20. The van der Waals surface area contributed by atoms with Gasteiger partial charge in [0, 0.05) is 28.9 Å². The molecule has 29 heavy (non-hydrogen) atoms. The van der Waals surface area contributed by atoms with Crippen LogP contribution in [0.3, 0.4) is 0 Å². The summed E-state index contributed by atoms with van der Waals surface area (Å²) in [6.45, 7) is 8.29. The summed E-state index contributed by atoms with van der Waals surface area (Å²) in [7, 11) is 0. The molecule has 0 aliphatic carbocycles. The van der Waals surface area contributed by atoms with Crippen LogP contribution in [0, 0.1) is 12.3 Å². The summed E-state index contributed by atoms with van der Waals surface area (Å²) in [5, 5.41) is 3.44. The first kappa shape index (κ1) is 21.2. The van der Waals surface area contributed by atoms with E-state index in [2.05, 4.69) is 15.3 Å². The lowest BCUT2D eigenvalue weighted by molar-refractivity contribution is -0.143. The summed E-state index contributed by atoms with van der Waals surface area (Å²) in [6, 6.07) is 6.76. The van der Waals surface area contributed by atoms with Gasteiger partial charge in [-0.3, -0.25) is 9.59 Å². The second kappa shape index (κ2) is 8.49. The molecule has 154 valence electrons. The fourth-order valence-corrected chi connectivity index (χ4v) is 3.60. The maximum absolute atomic E-state index is 12.9. The van der Waals surface area contributed by atoms with Crippen molar-refractivity contribution in [1.29, 1.82) is 0 Å². The first-order chi connectivity index (χ1) is 13.7. The first-order valence-electron chi connectivity index (χ1n) is 9.88. The number of carbonyl (C=O) groups excluding carboxylic acids is 2. The number of nitrogens with zero attached hydrogens (tertiary/aromatic N) is 3. The molecule has 6 nitrogen and oxygen atoms in total. The number of hydrogen-bond donors (Lipinski definition) is 1. The van der Waals surface area contributed by atoms with Gasteiger partial charge >= 0.3 is 0 Å². The first-order valence-corrected chi connectivity index (χ1v) is 10.3. The number of nitrogens with one attached hydrogen (secondary N) is 1. The van der Waals surface area contributed by atoms with Gasteiger partial charge in [0.2, 0.25) is 5.91 Å². The van der Waals surface area contributed by atoms with Crippen molar-refractivity contribution in [2.45, 2.75) is 53.0 Å². The minimum Gasteiger partial charge on any atom is -0.332 e. The minimum atomic E-state index is -0.455. The normalized spacial score (nSPS) is 17.1. The number of amides is 2. The number of piperidine rings is 1. The van der Waals surface area contributed by atoms with Gasteiger partial charge in [-0.25, -0.2) is 9.97 Å². The zero-order chi connectivity index (χ0) is 21.2. The highest BCUT2D eigenvalue weighted by Crippen LogP contribution is 2.33. The molecule has 2 amide bonds. The molecule has 0 unspecified atom stereocenters. The Labute approximate surface area is 176 Å². The molecule has 1 aromatic heterocycles. The van der Waals surface area contributed by atoms with Gasteiger partial charge in [0.05, 0.1) is 17.3 Å². The molecule has 2 aromatic rings. The highest BCUT2D eigenvalue weighted by Gasteiger charge is 2.35. The molecule has 1 fully saturated rings. The molecule has 3 rings (SSSR count). The van der Waals surface area contributed by atoms with Crippen molar-refractivity contribution in [3.8, 4) is 0 Å². The molecular formula is C22H27ClN4O2. The number of rotatable bonds is 3. The van der Waals surface area contributed by atoms with Gasteiger partial charge in [0.15, 0.2) is 5.82 Å². The van der Waals surface area contributed by atoms with Crippen LogP contribution >= 0.6 is 11.6 Å². The third-order valence-electron chi connectivity index (χ3n) is 5.05. The van der Waals surface area contributed by atoms with Crippen LogP contribution in [0.5, 0.6) is 0 Å². The lowest BCUT2D eigenvalue weighted by Crippen LogP contribution is -2.44. The Balaban J connectivity index is 1.81. The molecule has 1 atom stereocenters. The van der Waals surface area contributed by atoms with E-state index in [1.807, 2.05) is 25.7 Å². The molecule has 1 saturated heterocycles. The number of likely N-dealkylation sites (tertiary alicyclic amines) is 1. The van der Waals surface area contributed by atoms with Crippen LogP contribution < -0.4 is 5.32 Å². The quantitative estimate of drug-likeness (QED) is 0.783. The van der Waals surface area contributed by atoms with Crippen LogP contribution in [0.25, 0.3) is 0 Å². The van der Waals surface area contributed by atoms with E-state index >= 15 is 0 Å². The average Bonchev–Trinajstić information content (AvgIpc) is 2.68. The molecule has 0 spiro atoms. The van der Waals surface area contributed by atoms with Gasteiger partial charge in [-0.1, -0.05) is 32.4 Å². The van der Waals surface area contributed by atoms with Gasteiger partial charge < -0.3 is 10.2 Å². The minimum absolute atomic E-state index is 0.105. The van der Waals surface area contributed by atoms with Crippen molar-refractivity contribution in [2.24, 2.45) is 5.41 Å². The summed E-state index contributed by atoms with van der Waals surface area (Å²) in [6.07, 6.45) is 4.40. The van der Waals surface area contributed by atoms with Crippen LogP contribution in [-0.4, -0.2) is 33.2 Å². The lowest BCUT2D eigenvalue weighted by atomic mass is 9.91. The van der Waals surface area contributed by atoms with E-state index in [0.29, 0.717) is 34.3 Å². The van der Waals surface area contributed by atoms with Crippen molar-refractivity contribution in [3.63, 3.8) is 0 Å². The van der Waals surface area contributed by atoms with Crippen LogP contribution in [0.15, 0.2) is 30.5 Å². The van der Waals surface area contributed by atoms with Gasteiger partial charge in [-0.05, 0) is 50.5 Å². The summed E-state index contributed by atoms with van der Waals surface area (Å²) >= 11 is 5.88. The van der Waals surface area contributed by atoms with E-state index in [4.69, 9.17) is 11.6 Å². The summed E-state index contributed by atoms with van der Waals surface area (Å²) in [4.78, 5) is 36.5. The highest BCUT2D eigenvalue weighted by molar-refractivity contribution is 6.30. The van der Waals surface area contributed by atoms with E-state index in [-0.39, 0.29) is 17.9 Å². The van der Waals surface area contributed by atoms with Crippen LogP contribution in [0.4, 0.5) is 5.69 Å². The number of aromatic nitrogens is 2. The number of benzene rings is 1. The van der Waals surface area contributed by atoms with Crippen LogP contribution in [-0.2, 0) is 4.79 Å². The Morgan fingerprint density at radius 3 is 2.48 bits per heavy atom. The Morgan fingerprint density at radius 1 is 1.17 bits per heavy atom. The number of halogens is 1. The van der Waals surface area contributed by atoms with Gasteiger partial charge in [-0.2, -0.15) is 0 Å². The molecule has 0 radical (unpaired) electrons. The Kier molecular flexibility index (Phi) is 6.22. The zero-order valence-electron chi connectivity index (χ0n) is 17.3. The standard InChI is InChI=1S/C22H27ClN4O2/c1-14-17(20(28)26-16-10-8-15(23)9-11-16)13-24-19(25-14)18-7-5-6-12-27(18)21(29)22(2,3)4/h8-11,13,18H,5-7,12H2,1-4H3,(H,26,28)/t18-/m0/s1. The SMILES string of the molecule is Cc1nc([C@@H]2CCCCN2C(=O)C(C)(C)C)ncc1C(=O)Nc1ccc(Cl)cc1. The maximum atomic E-state index is 12.9. The fourth-order valence-electron chi connectivity index (χ4n) is 3.47. The molecule has 1 aliphatic heterocycles. The second-order valence-electron chi connectivity index (χ2n) is 8.45. The predicted octanol–water partition coefficient (Wildman–Crippen LogP) is 4.79. The molecule has 1 N–H and O–H groups in total. The Hall–Kier alpha value is -2.47. The number of carbonyl (C=O) groups is 2. The number of anilines is 1. The van der Waals surface area contributed by atoms with E-state index in [1.165, 1.54) is 0 Å². The van der Waals surface area contributed by atoms with E-state index < -0.39 is 5.41 Å². The third kappa shape index (κ3) is 4.93. The Morgan fingerprint density at radius 2 is 1.86 bits per heavy atom. The van der Waals surface area contributed by atoms with Crippen molar-refractivity contribution in [2.75, 3.05) is 11.9 Å². The molecular weight excluding hydrogens is 388 g/mol. The van der Waals surface area contributed by atoms with Crippen LogP contribution in [0.1, 0.15) is 68.0 Å². The van der Waals surface area contributed by atoms with Crippen molar-refractivity contribution in [3.05, 3.63) is 52.6 Å². The molecule has 0 saturated carbocycles. The third-order valence-corrected chi connectivity index (χ3v) is 5.30. The van der Waals surface area contributed by atoms with E-state index in [0.717, 1.165) is 19.3 Å². The van der Waals surface area contributed by atoms with Crippen molar-refractivity contribution in [1.82, 2.24) is 14.9 Å². The molecule has 7 heteroatoms. The molecule has 0 bridgehead atoms. The topological polar surface area (TPSA) is 75.2 Å². The van der Waals surface area contributed by atoms with E-state index in [1.54, 1.807) is 37.4 Å². The van der Waals surface area contributed by atoms with Gasteiger partial charge in [0.25, 0.3) is 5.91 Å². The second-order valence-corrected chi connectivity index (χ2v) is 8.88. The number of hydrogen-bond acceptors (Lipinski definition) is 4. The van der Waals surface area contributed by atoms with Gasteiger partial charge in [0.1, 0.15) is 0 Å². The highest BCUT2D eigenvalue weighted by atomic mass is 35.5. The van der Waals surface area contributed by atoms with Crippen molar-refractivity contribution >= 4 is 29.1 Å².